The van der Waals surface area contributed by atoms with Gasteiger partial charge >= 0.3 is 0 Å². The van der Waals surface area contributed by atoms with Crippen LogP contribution in [0.4, 0.5) is 17.1 Å². The number of hydrogen-bond donors (Lipinski definition) is 0. The Labute approximate surface area is 477 Å². The highest BCUT2D eigenvalue weighted by Crippen LogP contribution is 2.57. The van der Waals surface area contributed by atoms with Gasteiger partial charge in [0.15, 0.2) is 0 Å². The Kier molecular flexibility index (Phi) is 13.8. The minimum atomic E-state index is 0.284. The first-order chi connectivity index (χ1) is 38.4. The summed E-state index contributed by atoms with van der Waals surface area (Å²) in [6, 6.07) is 6.24. The quantitative estimate of drug-likeness (QED) is 0.199. The molecule has 1 fully saturated rings. The van der Waals surface area contributed by atoms with Crippen molar-refractivity contribution in [2.24, 2.45) is 58.2 Å². The van der Waals surface area contributed by atoms with E-state index in [1.165, 1.54) is 123 Å². The molecule has 3 aliphatic heterocycles. The second-order valence-electron chi connectivity index (χ2n) is 28.9. The Morgan fingerprint density at radius 1 is 0.595 bits per heavy atom. The maximum absolute atomic E-state index is 3.09. The number of rotatable bonds is 7. The Bertz CT molecular complexity index is 3090. The third kappa shape index (κ3) is 9.51. The third-order valence-corrected chi connectivity index (χ3v) is 22.5. The van der Waals surface area contributed by atoms with Gasteiger partial charge < -0.3 is 14.7 Å². The van der Waals surface area contributed by atoms with E-state index in [4.69, 9.17) is 0 Å². The topological polar surface area (TPSA) is 9.72 Å². The van der Waals surface area contributed by atoms with E-state index in [0.717, 1.165) is 56.8 Å². The molecule has 0 aromatic heterocycles. The molecular weight excluding hydrogens is 954 g/mol. The lowest BCUT2D eigenvalue weighted by Crippen LogP contribution is -2.61. The van der Waals surface area contributed by atoms with Crippen molar-refractivity contribution in [2.75, 3.05) is 14.7 Å². The summed E-state index contributed by atoms with van der Waals surface area (Å²) >= 11 is 0. The lowest BCUT2D eigenvalue weighted by molar-refractivity contribution is 0.241. The smallest absolute Gasteiger partial charge is 0.222 e. The summed E-state index contributed by atoms with van der Waals surface area (Å²) in [6.07, 6.45) is 77.9. The highest BCUT2D eigenvalue weighted by Gasteiger charge is 2.54. The van der Waals surface area contributed by atoms with Gasteiger partial charge in [-0.05, 0) is 232 Å². The van der Waals surface area contributed by atoms with Gasteiger partial charge in [-0.3, -0.25) is 0 Å². The summed E-state index contributed by atoms with van der Waals surface area (Å²) in [5.41, 5.74) is 20.7. The van der Waals surface area contributed by atoms with Crippen LogP contribution in [0.5, 0.6) is 0 Å². The van der Waals surface area contributed by atoms with Crippen LogP contribution in [0.1, 0.15) is 170 Å². The van der Waals surface area contributed by atoms with Gasteiger partial charge in [0.1, 0.15) is 0 Å². The average Bonchev–Trinajstić information content (AvgIpc) is 2.98. The minimum absolute atomic E-state index is 0.284. The van der Waals surface area contributed by atoms with Crippen LogP contribution in [-0.4, -0.2) is 18.8 Å². The van der Waals surface area contributed by atoms with Crippen molar-refractivity contribution in [3.8, 4) is 0 Å². The van der Waals surface area contributed by atoms with Gasteiger partial charge in [0.2, 0.25) is 6.71 Å². The largest absolute Gasteiger partial charge is 0.343 e. The van der Waals surface area contributed by atoms with Crippen LogP contribution in [0, 0.1) is 58.2 Å². The Morgan fingerprint density at radius 3 is 2.25 bits per heavy atom. The first-order valence-corrected chi connectivity index (χ1v) is 32.3. The molecule has 4 heteroatoms. The lowest BCUT2D eigenvalue weighted by Gasteiger charge is -2.56. The normalized spacial score (nSPS) is 33.8. The van der Waals surface area contributed by atoms with Crippen molar-refractivity contribution >= 4 is 29.2 Å². The SMILES string of the molecule is CC(C)(C)C1C=CC(C2C=CC3=C(C2)N(C2=CC=C(C4=CCCC=C4)CC2)c2cc(N4C5=C(CCC=C5)[C@@H]5C=CC=CC54)cc4c2B3C2CCC(C3=CCC(C(C)(C)C)CC=C3)CC2N4C2=CCC(C3C=CCCC3)CC2)CC1. The molecule has 0 saturated heterocycles. The molecule has 3 heterocycles. The molecule has 0 amide bonds. The predicted molar refractivity (Wildman–Crippen MR) is 337 cm³/mol. The number of anilines is 3. The lowest BCUT2D eigenvalue weighted by atomic mass is 9.27. The fraction of sp³-hybridized carbons (Fsp3) is 0.520. The van der Waals surface area contributed by atoms with Crippen molar-refractivity contribution in [2.45, 2.75) is 188 Å². The van der Waals surface area contributed by atoms with Gasteiger partial charge in [-0.25, -0.2) is 0 Å². The number of benzene rings is 1. The molecule has 10 aliphatic carbocycles. The van der Waals surface area contributed by atoms with Crippen molar-refractivity contribution in [1.82, 2.24) is 0 Å². The molecular formula is C75H92BN3. The fourth-order valence-corrected chi connectivity index (χ4v) is 18.0. The third-order valence-electron chi connectivity index (χ3n) is 22.5. The van der Waals surface area contributed by atoms with Crippen molar-refractivity contribution < 1.29 is 0 Å². The summed E-state index contributed by atoms with van der Waals surface area (Å²) in [5, 5.41) is 0. The Hall–Kier alpha value is -5.22. The fourth-order valence-electron chi connectivity index (χ4n) is 18.0. The van der Waals surface area contributed by atoms with E-state index >= 15 is 0 Å². The molecule has 0 radical (unpaired) electrons. The van der Waals surface area contributed by atoms with Crippen LogP contribution < -0.4 is 20.2 Å². The zero-order valence-electron chi connectivity index (χ0n) is 49.2. The molecule has 1 aromatic carbocycles. The zero-order valence-corrected chi connectivity index (χ0v) is 49.2. The van der Waals surface area contributed by atoms with Crippen molar-refractivity contribution in [3.63, 3.8) is 0 Å². The first-order valence-electron chi connectivity index (χ1n) is 32.3. The maximum Gasteiger partial charge on any atom is 0.222 e. The molecule has 3 nitrogen and oxygen atoms in total. The number of fused-ring (bicyclic) bond motifs is 5. The van der Waals surface area contributed by atoms with Crippen LogP contribution in [-0.2, 0) is 0 Å². The molecule has 0 bridgehead atoms. The van der Waals surface area contributed by atoms with Gasteiger partial charge in [0.05, 0.1) is 6.04 Å². The molecule has 79 heavy (non-hydrogen) atoms. The molecule has 1 saturated carbocycles. The van der Waals surface area contributed by atoms with E-state index in [1.54, 1.807) is 33.5 Å². The summed E-state index contributed by atoms with van der Waals surface area (Å²) in [4.78, 5) is 8.84. The molecule has 10 unspecified atom stereocenters. The van der Waals surface area contributed by atoms with Crippen LogP contribution in [0.25, 0.3) is 0 Å². The molecule has 14 rings (SSSR count). The van der Waals surface area contributed by atoms with E-state index < -0.39 is 0 Å². The Balaban J connectivity index is 0.958. The molecule has 410 valence electrons. The Morgan fingerprint density at radius 2 is 1.48 bits per heavy atom. The highest BCUT2D eigenvalue weighted by atomic mass is 15.2. The monoisotopic (exact) mass is 1050 g/mol. The molecule has 0 spiro atoms. The van der Waals surface area contributed by atoms with Gasteiger partial charge in [0, 0.05) is 51.8 Å². The zero-order chi connectivity index (χ0) is 53.6. The second kappa shape index (κ2) is 21.0. The summed E-state index contributed by atoms with van der Waals surface area (Å²) in [5.74, 6) is 5.39. The van der Waals surface area contributed by atoms with E-state index in [2.05, 4.69) is 196 Å². The first kappa shape index (κ1) is 51.9. The molecule has 11 atom stereocenters. The van der Waals surface area contributed by atoms with E-state index in [-0.39, 0.29) is 6.04 Å². The van der Waals surface area contributed by atoms with E-state index in [0.29, 0.717) is 64.9 Å². The van der Waals surface area contributed by atoms with E-state index in [1.807, 2.05) is 0 Å². The van der Waals surface area contributed by atoms with Gasteiger partial charge in [-0.15, -0.1) is 0 Å². The maximum atomic E-state index is 3.09. The molecule has 1 aromatic rings. The van der Waals surface area contributed by atoms with Crippen LogP contribution in [0.2, 0.25) is 5.82 Å². The molecule has 0 N–H and O–H groups in total. The number of hydrogen-bond acceptors (Lipinski definition) is 3. The van der Waals surface area contributed by atoms with Crippen LogP contribution >= 0.6 is 0 Å². The minimum Gasteiger partial charge on any atom is -0.343 e. The van der Waals surface area contributed by atoms with E-state index in [9.17, 15) is 0 Å². The summed E-state index contributed by atoms with van der Waals surface area (Å²) in [6.45, 7) is 15.1. The van der Waals surface area contributed by atoms with Gasteiger partial charge in [0.25, 0.3) is 0 Å². The standard InChI is InChI=1S/C75H92BN3/c1-74(2,3)58-23-17-22-52(28-37-58)56-35-44-65-69(46-56)77(60-40-31-53(32-41-60)50-18-9-7-10-19-50)71-48-62(79-67-26-15-13-24-63(67)64-25-14-16-27-68(64)79)49-72-73(71)76(65)66-45-36-57(55-29-38-59(39-30-55)75(4,5)6)47-70(66)78(72)61-42-33-54(34-43-61)51-20-11-8-12-21-51/h9,11,13,15-18,20-22,24,26-29,33,36,38,40,42,45,48-50,53,55-59,63,65,67,69H,7-8,10,12,14,19,23,25,30-32,34-35,37,39,41,43-44,46-47H2,1-6H3/t50?,53?,55?,56?,57?,58?,59?,63-,65?,67?,69?/m0/s1. The summed E-state index contributed by atoms with van der Waals surface area (Å²) in [7, 11) is 0. The molecule has 13 aliphatic rings. The average molecular weight is 1050 g/mol. The second-order valence-corrected chi connectivity index (χ2v) is 28.9. The predicted octanol–water partition coefficient (Wildman–Crippen LogP) is 19.0. The van der Waals surface area contributed by atoms with Crippen molar-refractivity contribution in [3.05, 3.63) is 190 Å². The van der Waals surface area contributed by atoms with Crippen LogP contribution in [0.15, 0.2) is 190 Å². The number of nitrogens with zero attached hydrogens (tertiary/aromatic N) is 3. The number of allylic oxidation sites excluding steroid dienone is 26. The van der Waals surface area contributed by atoms with Crippen molar-refractivity contribution in [1.29, 1.82) is 0 Å². The highest BCUT2D eigenvalue weighted by molar-refractivity contribution is 6.85. The van der Waals surface area contributed by atoms with Gasteiger partial charge in [-0.1, -0.05) is 169 Å². The van der Waals surface area contributed by atoms with Crippen LogP contribution in [0.3, 0.4) is 0 Å². The summed E-state index contributed by atoms with van der Waals surface area (Å²) < 4.78 is 0. The van der Waals surface area contributed by atoms with Gasteiger partial charge in [-0.2, -0.15) is 0 Å².